The van der Waals surface area contributed by atoms with E-state index in [9.17, 15) is 13.2 Å². The Balaban J connectivity index is 2.23. The van der Waals surface area contributed by atoms with Crippen LogP contribution in [0.3, 0.4) is 0 Å². The van der Waals surface area contributed by atoms with Gasteiger partial charge in [0.25, 0.3) is 0 Å². The van der Waals surface area contributed by atoms with Crippen molar-refractivity contribution >= 4 is 38.9 Å². The van der Waals surface area contributed by atoms with Crippen LogP contribution in [0.5, 0.6) is 0 Å². The molecular weight excluding hydrogens is 312 g/mol. The number of nitrogens with zero attached hydrogens (tertiary/aromatic N) is 1. The Morgan fingerprint density at radius 1 is 1.43 bits per heavy atom. The molecule has 0 aromatic heterocycles. The van der Waals surface area contributed by atoms with E-state index in [0.29, 0.717) is 35.8 Å². The molecular formula is C14H19ClN2O3S. The maximum atomic E-state index is 11.9. The number of carbonyl (C=O) groups is 1. The second-order valence-corrected chi connectivity index (χ2v) is 7.97. The molecule has 0 spiro atoms. The van der Waals surface area contributed by atoms with Gasteiger partial charge in [-0.25, -0.2) is 8.42 Å². The summed E-state index contributed by atoms with van der Waals surface area (Å²) in [5.41, 5.74) is 0.985. The number of hydrogen-bond donors (Lipinski definition) is 1. The van der Waals surface area contributed by atoms with Gasteiger partial charge in [-0.15, -0.1) is 0 Å². The van der Waals surface area contributed by atoms with Crippen LogP contribution in [0.2, 0.25) is 5.02 Å². The van der Waals surface area contributed by atoms with E-state index in [1.54, 1.807) is 18.2 Å². The topological polar surface area (TPSA) is 66.5 Å². The smallest absolute Gasteiger partial charge is 0.235 e. The number of hydrogen-bond acceptors (Lipinski definition) is 3. The monoisotopic (exact) mass is 330 g/mol. The third-order valence-corrected chi connectivity index (χ3v) is 5.40. The maximum Gasteiger partial charge on any atom is 0.235 e. The molecule has 7 heteroatoms. The summed E-state index contributed by atoms with van der Waals surface area (Å²) < 4.78 is 25.2. The summed E-state index contributed by atoms with van der Waals surface area (Å²) in [6.07, 6.45) is 1.00. The molecule has 2 rings (SSSR count). The molecule has 1 fully saturated rings. The minimum Gasteiger partial charge on any atom is -0.325 e. The fourth-order valence-corrected chi connectivity index (χ4v) is 3.99. The number of sulfonamides is 1. The standard InChI is InChI=1S/C14H19ClN2O3S/c1-10(2)8-14(18)16-13-9-11(4-5-12(13)15)17-6-3-7-21(17,19)20/h4-5,9-10H,3,6-8H2,1-2H3,(H,16,18). The average molecular weight is 331 g/mol. The van der Waals surface area contributed by atoms with Gasteiger partial charge in [0.05, 0.1) is 22.2 Å². The van der Waals surface area contributed by atoms with Gasteiger partial charge in [0.15, 0.2) is 0 Å². The number of anilines is 2. The van der Waals surface area contributed by atoms with E-state index in [4.69, 9.17) is 11.6 Å². The van der Waals surface area contributed by atoms with Crippen molar-refractivity contribution in [1.29, 1.82) is 0 Å². The molecule has 5 nitrogen and oxygen atoms in total. The summed E-state index contributed by atoms with van der Waals surface area (Å²) in [5.74, 6) is 0.268. The van der Waals surface area contributed by atoms with Crippen LogP contribution in [0.1, 0.15) is 26.7 Å². The Morgan fingerprint density at radius 3 is 2.71 bits per heavy atom. The molecule has 1 aromatic rings. The Morgan fingerprint density at radius 2 is 2.14 bits per heavy atom. The molecule has 1 saturated heterocycles. The van der Waals surface area contributed by atoms with Crippen LogP contribution < -0.4 is 9.62 Å². The molecule has 0 saturated carbocycles. The molecule has 1 aromatic carbocycles. The van der Waals surface area contributed by atoms with Gasteiger partial charge in [-0.05, 0) is 30.5 Å². The molecule has 0 aliphatic carbocycles. The molecule has 0 radical (unpaired) electrons. The van der Waals surface area contributed by atoms with Crippen molar-refractivity contribution in [3.8, 4) is 0 Å². The number of benzene rings is 1. The highest BCUT2D eigenvalue weighted by atomic mass is 35.5. The lowest BCUT2D eigenvalue weighted by atomic mass is 10.1. The number of nitrogens with one attached hydrogen (secondary N) is 1. The molecule has 1 aliphatic heterocycles. The summed E-state index contributed by atoms with van der Waals surface area (Å²) in [7, 11) is -3.24. The normalized spacial score (nSPS) is 17.2. The van der Waals surface area contributed by atoms with Gasteiger partial charge in [0, 0.05) is 13.0 Å². The molecule has 1 amide bonds. The van der Waals surface area contributed by atoms with E-state index >= 15 is 0 Å². The summed E-state index contributed by atoms with van der Waals surface area (Å²) in [4.78, 5) is 11.8. The predicted octanol–water partition coefficient (Wildman–Crippen LogP) is 2.86. The fraction of sp³-hybridized carbons (Fsp3) is 0.500. The van der Waals surface area contributed by atoms with E-state index in [0.717, 1.165) is 0 Å². The molecule has 0 bridgehead atoms. The summed E-state index contributed by atoms with van der Waals surface area (Å²) in [5, 5.41) is 3.14. The zero-order valence-electron chi connectivity index (χ0n) is 12.1. The van der Waals surface area contributed by atoms with Gasteiger partial charge >= 0.3 is 0 Å². The molecule has 1 heterocycles. The number of amides is 1. The fourth-order valence-electron chi connectivity index (χ4n) is 2.27. The first-order valence-electron chi connectivity index (χ1n) is 6.89. The van der Waals surface area contributed by atoms with Gasteiger partial charge in [-0.1, -0.05) is 25.4 Å². The molecule has 0 atom stereocenters. The highest BCUT2D eigenvalue weighted by molar-refractivity contribution is 7.93. The summed E-state index contributed by atoms with van der Waals surface area (Å²) in [6, 6.07) is 4.88. The zero-order chi connectivity index (χ0) is 15.6. The first-order valence-corrected chi connectivity index (χ1v) is 8.88. The zero-order valence-corrected chi connectivity index (χ0v) is 13.7. The van der Waals surface area contributed by atoms with Gasteiger partial charge < -0.3 is 5.32 Å². The SMILES string of the molecule is CC(C)CC(=O)Nc1cc(N2CCCS2(=O)=O)ccc1Cl. The van der Waals surface area contributed by atoms with Crippen LogP contribution in [0.15, 0.2) is 18.2 Å². The van der Waals surface area contributed by atoms with Crippen LogP contribution >= 0.6 is 11.6 Å². The number of rotatable bonds is 4. The average Bonchev–Trinajstić information content (AvgIpc) is 2.71. The highest BCUT2D eigenvalue weighted by Crippen LogP contribution is 2.31. The van der Waals surface area contributed by atoms with Crippen molar-refractivity contribution in [3.05, 3.63) is 23.2 Å². The third kappa shape index (κ3) is 3.89. The van der Waals surface area contributed by atoms with Crippen molar-refractivity contribution in [2.45, 2.75) is 26.7 Å². The van der Waals surface area contributed by atoms with Crippen molar-refractivity contribution in [2.24, 2.45) is 5.92 Å². The Hall–Kier alpha value is -1.27. The van der Waals surface area contributed by atoms with Crippen LogP contribution in [-0.2, 0) is 14.8 Å². The van der Waals surface area contributed by atoms with Crippen LogP contribution in [0.25, 0.3) is 0 Å². The second kappa shape index (κ2) is 6.23. The van der Waals surface area contributed by atoms with E-state index in [-0.39, 0.29) is 17.6 Å². The van der Waals surface area contributed by atoms with Crippen molar-refractivity contribution in [1.82, 2.24) is 0 Å². The van der Waals surface area contributed by atoms with Crippen molar-refractivity contribution < 1.29 is 13.2 Å². The largest absolute Gasteiger partial charge is 0.325 e. The van der Waals surface area contributed by atoms with Gasteiger partial charge in [0.1, 0.15) is 0 Å². The Labute approximate surface area is 130 Å². The first-order chi connectivity index (χ1) is 9.79. The lowest BCUT2D eigenvalue weighted by molar-refractivity contribution is -0.116. The first kappa shape index (κ1) is 16.1. The van der Waals surface area contributed by atoms with Crippen molar-refractivity contribution in [3.63, 3.8) is 0 Å². The van der Waals surface area contributed by atoms with E-state index in [1.165, 1.54) is 4.31 Å². The molecule has 1 N–H and O–H groups in total. The molecule has 1 aliphatic rings. The lowest BCUT2D eigenvalue weighted by Crippen LogP contribution is -2.25. The van der Waals surface area contributed by atoms with Crippen LogP contribution in [-0.4, -0.2) is 26.6 Å². The second-order valence-electron chi connectivity index (χ2n) is 5.55. The molecule has 116 valence electrons. The maximum absolute atomic E-state index is 11.9. The van der Waals surface area contributed by atoms with Gasteiger partial charge in [-0.3, -0.25) is 9.10 Å². The minimum absolute atomic E-state index is 0.131. The van der Waals surface area contributed by atoms with Crippen molar-refractivity contribution in [2.75, 3.05) is 21.9 Å². The van der Waals surface area contributed by atoms with E-state index < -0.39 is 10.0 Å². The van der Waals surface area contributed by atoms with Gasteiger partial charge in [0.2, 0.25) is 15.9 Å². The number of halogens is 1. The van der Waals surface area contributed by atoms with E-state index in [2.05, 4.69) is 5.32 Å². The lowest BCUT2D eigenvalue weighted by Gasteiger charge is -2.18. The Bertz CT molecular complexity index is 644. The summed E-state index contributed by atoms with van der Waals surface area (Å²) in [6.45, 7) is 4.37. The highest BCUT2D eigenvalue weighted by Gasteiger charge is 2.28. The van der Waals surface area contributed by atoms with E-state index in [1.807, 2.05) is 13.8 Å². The van der Waals surface area contributed by atoms with Gasteiger partial charge in [-0.2, -0.15) is 0 Å². The number of carbonyl (C=O) groups excluding carboxylic acids is 1. The molecule has 0 unspecified atom stereocenters. The van der Waals surface area contributed by atoms with Crippen LogP contribution in [0.4, 0.5) is 11.4 Å². The van der Waals surface area contributed by atoms with Crippen LogP contribution in [0, 0.1) is 5.92 Å². The quantitative estimate of drug-likeness (QED) is 0.923. The summed E-state index contributed by atoms with van der Waals surface area (Å²) >= 11 is 6.07. The third-order valence-electron chi connectivity index (χ3n) is 3.20. The minimum atomic E-state index is -3.24. The predicted molar refractivity (Wildman–Crippen MR) is 85.3 cm³/mol. The Kier molecular flexibility index (Phi) is 4.78. The molecule has 21 heavy (non-hydrogen) atoms.